The van der Waals surface area contributed by atoms with Crippen LogP contribution < -0.4 is 10.1 Å². The van der Waals surface area contributed by atoms with Gasteiger partial charge in [-0.05, 0) is 45.1 Å². The smallest absolute Gasteiger partial charge is 0.410 e. The third-order valence-electron chi connectivity index (χ3n) is 5.27. The van der Waals surface area contributed by atoms with Gasteiger partial charge in [0.1, 0.15) is 5.60 Å². The van der Waals surface area contributed by atoms with Gasteiger partial charge in [-0.1, -0.05) is 6.07 Å². The van der Waals surface area contributed by atoms with Crippen LogP contribution in [0.25, 0.3) is 0 Å². The number of aromatic nitrogens is 1. The second kappa shape index (κ2) is 8.08. The van der Waals surface area contributed by atoms with Gasteiger partial charge in [0.25, 0.3) is 0 Å². The minimum Gasteiger partial charge on any atom is -0.477 e. The molecule has 0 spiro atoms. The molecule has 3 aliphatic rings. The summed E-state index contributed by atoms with van der Waals surface area (Å²) < 4.78 is 11.2. The Morgan fingerprint density at radius 3 is 2.79 bits per heavy atom. The molecule has 4 rings (SSSR count). The van der Waals surface area contributed by atoms with Gasteiger partial charge >= 0.3 is 6.09 Å². The molecule has 0 aromatic carbocycles. The van der Waals surface area contributed by atoms with Gasteiger partial charge in [-0.3, -0.25) is 4.99 Å². The summed E-state index contributed by atoms with van der Waals surface area (Å²) in [5.41, 5.74) is 0.613. The number of carbonyl (C=O) groups excluding carboxylic acids is 1. The molecule has 0 radical (unpaired) electrons. The zero-order valence-electron chi connectivity index (χ0n) is 17.6. The van der Waals surface area contributed by atoms with E-state index in [1.165, 1.54) is 12.8 Å². The summed E-state index contributed by atoms with van der Waals surface area (Å²) in [7, 11) is 0. The van der Waals surface area contributed by atoms with E-state index < -0.39 is 5.60 Å². The highest BCUT2D eigenvalue weighted by molar-refractivity contribution is 5.82. The molecular weight excluding hydrogens is 370 g/mol. The molecule has 1 saturated carbocycles. The van der Waals surface area contributed by atoms with E-state index in [0.29, 0.717) is 32.1 Å². The molecule has 1 N–H and O–H groups in total. The van der Waals surface area contributed by atoms with Gasteiger partial charge in [0, 0.05) is 38.4 Å². The van der Waals surface area contributed by atoms with Gasteiger partial charge in [0.05, 0.1) is 19.2 Å². The molecule has 158 valence electrons. The van der Waals surface area contributed by atoms with Crippen LogP contribution in [0, 0.1) is 5.92 Å². The number of piperazine rings is 1. The number of guanidine groups is 1. The Balaban J connectivity index is 1.23. The first-order chi connectivity index (χ1) is 13.9. The SMILES string of the molecule is CC(C)(C)OC(=O)N1CCN2C(NCc3ccc(OCC4CC4)nc3)=NCC2C1. The molecule has 1 aliphatic carbocycles. The molecule has 8 heteroatoms. The topological polar surface area (TPSA) is 79.3 Å². The predicted molar refractivity (Wildman–Crippen MR) is 110 cm³/mol. The second-order valence-electron chi connectivity index (χ2n) is 9.05. The Kier molecular flexibility index (Phi) is 5.52. The van der Waals surface area contributed by atoms with Crippen LogP contribution in [0.1, 0.15) is 39.2 Å². The number of ether oxygens (including phenoxy) is 2. The van der Waals surface area contributed by atoms with E-state index in [1.807, 2.05) is 39.1 Å². The molecule has 0 bridgehead atoms. The number of hydrogen-bond acceptors (Lipinski definition) is 7. The van der Waals surface area contributed by atoms with Crippen LogP contribution in [0.2, 0.25) is 0 Å². The number of pyridine rings is 1. The van der Waals surface area contributed by atoms with Crippen molar-refractivity contribution in [1.29, 1.82) is 0 Å². The molecule has 29 heavy (non-hydrogen) atoms. The van der Waals surface area contributed by atoms with Crippen molar-refractivity contribution >= 4 is 12.1 Å². The van der Waals surface area contributed by atoms with Crippen LogP contribution in [-0.4, -0.2) is 71.3 Å². The summed E-state index contributed by atoms with van der Waals surface area (Å²) >= 11 is 0. The van der Waals surface area contributed by atoms with Crippen LogP contribution in [0.5, 0.6) is 5.88 Å². The van der Waals surface area contributed by atoms with Gasteiger partial charge in [-0.25, -0.2) is 9.78 Å². The number of nitrogens with zero attached hydrogens (tertiary/aromatic N) is 4. The van der Waals surface area contributed by atoms with Crippen LogP contribution >= 0.6 is 0 Å². The number of hydrogen-bond donors (Lipinski definition) is 1. The number of carbonyl (C=O) groups is 1. The Morgan fingerprint density at radius 1 is 1.28 bits per heavy atom. The number of amides is 1. The van der Waals surface area contributed by atoms with Gasteiger partial charge in [-0.2, -0.15) is 0 Å². The summed E-state index contributed by atoms with van der Waals surface area (Å²) in [6.07, 6.45) is 4.16. The van der Waals surface area contributed by atoms with Crippen molar-refractivity contribution in [2.45, 2.75) is 51.8 Å². The largest absolute Gasteiger partial charge is 0.477 e. The highest BCUT2D eigenvalue weighted by atomic mass is 16.6. The Labute approximate surface area is 172 Å². The highest BCUT2D eigenvalue weighted by Gasteiger charge is 2.36. The molecule has 1 unspecified atom stereocenters. The maximum Gasteiger partial charge on any atom is 0.410 e. The van der Waals surface area contributed by atoms with Crippen LogP contribution in [0.15, 0.2) is 23.3 Å². The first kappa shape index (κ1) is 19.8. The van der Waals surface area contributed by atoms with Crippen molar-refractivity contribution in [3.8, 4) is 5.88 Å². The molecule has 2 fully saturated rings. The van der Waals surface area contributed by atoms with Crippen molar-refractivity contribution in [3.63, 3.8) is 0 Å². The summed E-state index contributed by atoms with van der Waals surface area (Å²) in [5, 5.41) is 3.42. The summed E-state index contributed by atoms with van der Waals surface area (Å²) in [6.45, 7) is 9.83. The van der Waals surface area contributed by atoms with Gasteiger partial charge in [0.2, 0.25) is 5.88 Å². The van der Waals surface area contributed by atoms with Crippen LogP contribution in [0.3, 0.4) is 0 Å². The van der Waals surface area contributed by atoms with E-state index in [-0.39, 0.29) is 12.1 Å². The maximum absolute atomic E-state index is 12.3. The maximum atomic E-state index is 12.3. The predicted octanol–water partition coefficient (Wildman–Crippen LogP) is 2.25. The summed E-state index contributed by atoms with van der Waals surface area (Å²) in [5.74, 6) is 2.31. The Morgan fingerprint density at radius 2 is 2.10 bits per heavy atom. The average Bonchev–Trinajstić information content (AvgIpc) is 3.42. The lowest BCUT2D eigenvalue weighted by Crippen LogP contribution is -2.57. The van der Waals surface area contributed by atoms with Crippen LogP contribution in [0.4, 0.5) is 4.79 Å². The zero-order chi connectivity index (χ0) is 20.4. The van der Waals surface area contributed by atoms with Gasteiger partial charge in [-0.15, -0.1) is 0 Å². The number of fused-ring (bicyclic) bond motifs is 1. The van der Waals surface area contributed by atoms with E-state index in [0.717, 1.165) is 30.6 Å². The van der Waals surface area contributed by atoms with Crippen molar-refractivity contribution in [2.24, 2.45) is 10.9 Å². The number of rotatable bonds is 5. The normalized spacial score (nSPS) is 21.5. The second-order valence-corrected chi connectivity index (χ2v) is 9.05. The molecule has 1 aromatic rings. The zero-order valence-corrected chi connectivity index (χ0v) is 17.6. The molecule has 1 amide bonds. The first-order valence-corrected chi connectivity index (χ1v) is 10.5. The molecular formula is C21H31N5O3. The number of nitrogens with one attached hydrogen (secondary N) is 1. The van der Waals surface area contributed by atoms with E-state index in [1.54, 1.807) is 4.90 Å². The minimum absolute atomic E-state index is 0.204. The summed E-state index contributed by atoms with van der Waals surface area (Å²) in [6, 6.07) is 4.17. The fraction of sp³-hybridized carbons (Fsp3) is 0.667. The fourth-order valence-electron chi connectivity index (χ4n) is 3.49. The van der Waals surface area contributed by atoms with Gasteiger partial charge in [0.15, 0.2) is 5.96 Å². The van der Waals surface area contributed by atoms with E-state index in [4.69, 9.17) is 9.47 Å². The van der Waals surface area contributed by atoms with Gasteiger partial charge < -0.3 is 24.6 Å². The lowest BCUT2D eigenvalue weighted by molar-refractivity contribution is 0.0137. The third kappa shape index (κ3) is 5.31. The standard InChI is InChI=1S/C21H31N5O3/c1-21(2,3)29-20(27)25-8-9-26-17(13-25)12-24-19(26)23-11-16-6-7-18(22-10-16)28-14-15-4-5-15/h6-7,10,15,17H,4-5,8-9,11-14H2,1-3H3,(H,23,24). The Hall–Kier alpha value is -2.51. The fourth-order valence-corrected chi connectivity index (χ4v) is 3.49. The molecule has 1 aromatic heterocycles. The molecule has 3 heterocycles. The van der Waals surface area contributed by atoms with Crippen molar-refractivity contribution in [3.05, 3.63) is 23.9 Å². The quantitative estimate of drug-likeness (QED) is 0.815. The first-order valence-electron chi connectivity index (χ1n) is 10.5. The summed E-state index contributed by atoms with van der Waals surface area (Å²) in [4.78, 5) is 25.4. The van der Waals surface area contributed by atoms with Crippen molar-refractivity contribution in [2.75, 3.05) is 32.8 Å². The average molecular weight is 402 g/mol. The lowest BCUT2D eigenvalue weighted by atomic mass is 10.2. The van der Waals surface area contributed by atoms with Crippen molar-refractivity contribution < 1.29 is 14.3 Å². The van der Waals surface area contributed by atoms with E-state index >= 15 is 0 Å². The highest BCUT2D eigenvalue weighted by Crippen LogP contribution is 2.29. The lowest BCUT2D eigenvalue weighted by Gasteiger charge is -2.39. The van der Waals surface area contributed by atoms with E-state index in [2.05, 4.69) is 20.2 Å². The Bertz CT molecular complexity index is 755. The monoisotopic (exact) mass is 401 g/mol. The molecule has 1 saturated heterocycles. The molecule has 8 nitrogen and oxygen atoms in total. The number of aliphatic imine (C=N–C) groups is 1. The van der Waals surface area contributed by atoms with E-state index in [9.17, 15) is 4.79 Å². The van der Waals surface area contributed by atoms with Crippen molar-refractivity contribution in [1.82, 2.24) is 20.1 Å². The third-order valence-corrected chi connectivity index (χ3v) is 5.27. The molecule has 1 atom stereocenters. The molecule has 2 aliphatic heterocycles. The minimum atomic E-state index is -0.473. The van der Waals surface area contributed by atoms with Crippen LogP contribution in [-0.2, 0) is 11.3 Å².